The normalized spacial score (nSPS) is 18.6. The highest BCUT2D eigenvalue weighted by atomic mass is 32.1. The first-order valence-corrected chi connectivity index (χ1v) is 5.17. The van der Waals surface area contributed by atoms with Crippen molar-refractivity contribution in [2.75, 3.05) is 5.75 Å². The summed E-state index contributed by atoms with van der Waals surface area (Å²) >= 11 is 3.90. The van der Waals surface area contributed by atoms with Gasteiger partial charge in [-0.3, -0.25) is 0 Å². The smallest absolute Gasteiger partial charge is 0.238 e. The molecule has 0 radical (unpaired) electrons. The molecule has 0 aliphatic carbocycles. The minimum atomic E-state index is -3.06. The van der Waals surface area contributed by atoms with Crippen molar-refractivity contribution in [1.29, 1.82) is 0 Å². The van der Waals surface area contributed by atoms with Crippen LogP contribution in [0.1, 0.15) is 6.92 Å². The summed E-state index contributed by atoms with van der Waals surface area (Å²) < 4.78 is 0. The van der Waals surface area contributed by atoms with E-state index in [1.54, 1.807) is 0 Å². The molecule has 0 saturated carbocycles. The van der Waals surface area contributed by atoms with E-state index in [4.69, 9.17) is 0 Å². The average molecular weight is 234 g/mol. The zero-order valence-corrected chi connectivity index (χ0v) is 10.3. The second-order valence-corrected chi connectivity index (χ2v) is 5.26. The lowest BCUT2D eigenvalue weighted by atomic mass is 9.47. The van der Waals surface area contributed by atoms with Gasteiger partial charge in [-0.2, -0.15) is 12.6 Å². The number of rotatable bonds is 4. The van der Waals surface area contributed by atoms with Gasteiger partial charge in [-0.15, -0.1) is 0 Å². The van der Waals surface area contributed by atoms with E-state index in [9.17, 15) is 25.5 Å². The molecular weight excluding hydrogens is 217 g/mol. The molecule has 0 bridgehead atoms. The fraction of sp³-hybridized carbons (Fsp3) is 1.00. The first kappa shape index (κ1) is 15.3. The molecule has 0 saturated heterocycles. The zero-order chi connectivity index (χ0) is 12.7. The lowest BCUT2D eigenvalue weighted by molar-refractivity contribution is -0.394. The summed E-state index contributed by atoms with van der Waals surface area (Å²) in [5, 5.41) is 46.9. The van der Waals surface area contributed by atoms with Gasteiger partial charge in [0.1, 0.15) is 23.5 Å². The van der Waals surface area contributed by atoms with Crippen LogP contribution < -0.4 is 0 Å². The Kier molecular flexibility index (Phi) is 4.07. The Morgan fingerprint density at radius 1 is 0.933 bits per heavy atom. The van der Waals surface area contributed by atoms with E-state index in [1.165, 1.54) is 15.7 Å². The highest BCUT2D eigenvalue weighted by Crippen LogP contribution is 2.41. The highest BCUT2D eigenvalue weighted by molar-refractivity contribution is 7.80. The standard InChI is InChI=1S/C6H17B3O5S/c1-3(7,10)5(11,12)6(13,14)4(8,9)2-15/h10-15H,2,7-9H2,1H3. The summed E-state index contributed by atoms with van der Waals surface area (Å²) in [6.07, 6.45) is 0. The Balaban J connectivity index is 5.38. The van der Waals surface area contributed by atoms with Crippen LogP contribution in [0.2, 0.25) is 5.21 Å². The molecule has 9 heteroatoms. The van der Waals surface area contributed by atoms with Gasteiger partial charge in [0.2, 0.25) is 11.6 Å². The lowest BCUT2D eigenvalue weighted by Gasteiger charge is -2.50. The van der Waals surface area contributed by atoms with E-state index in [0.717, 1.165) is 14.8 Å². The van der Waals surface area contributed by atoms with Gasteiger partial charge in [-0.05, 0) is 17.9 Å². The molecule has 0 fully saturated rings. The third-order valence-electron chi connectivity index (χ3n) is 2.68. The maximum absolute atomic E-state index is 9.75. The average Bonchev–Trinajstić information content (AvgIpc) is 2.01. The number of aliphatic hydroxyl groups is 5. The molecule has 0 heterocycles. The second-order valence-electron chi connectivity index (χ2n) is 4.95. The largest absolute Gasteiger partial charge is 0.394 e. The Hall–Kier alpha value is 0.345. The van der Waals surface area contributed by atoms with Gasteiger partial charge in [0.25, 0.3) is 0 Å². The Morgan fingerprint density at radius 3 is 1.47 bits per heavy atom. The van der Waals surface area contributed by atoms with E-state index < -0.39 is 22.3 Å². The van der Waals surface area contributed by atoms with Crippen LogP contribution in [-0.4, -0.2) is 71.9 Å². The van der Waals surface area contributed by atoms with Crippen molar-refractivity contribution in [2.24, 2.45) is 0 Å². The number of hydrogen-bond donors (Lipinski definition) is 6. The minimum absolute atomic E-state index is 0.00104. The quantitative estimate of drug-likeness (QED) is 0.166. The van der Waals surface area contributed by atoms with Gasteiger partial charge in [0.05, 0.1) is 5.50 Å². The van der Waals surface area contributed by atoms with Crippen molar-refractivity contribution in [3.8, 4) is 0 Å². The van der Waals surface area contributed by atoms with Gasteiger partial charge in [0.15, 0.2) is 0 Å². The molecule has 5 nitrogen and oxygen atoms in total. The SMILES string of the molecule is BC(C)(O)C(O)(O)C(O)(O)C(B)(B)CS. The van der Waals surface area contributed by atoms with Gasteiger partial charge in [-0.25, -0.2) is 0 Å². The van der Waals surface area contributed by atoms with Crippen molar-refractivity contribution in [3.05, 3.63) is 0 Å². The third kappa shape index (κ3) is 2.37. The summed E-state index contributed by atoms with van der Waals surface area (Å²) in [6, 6.07) is 0. The van der Waals surface area contributed by atoms with Crippen LogP contribution >= 0.6 is 12.6 Å². The molecule has 0 aliphatic heterocycles. The van der Waals surface area contributed by atoms with Gasteiger partial charge in [0, 0.05) is 0 Å². The van der Waals surface area contributed by atoms with Crippen LogP contribution in [0.15, 0.2) is 0 Å². The van der Waals surface area contributed by atoms with Crippen molar-refractivity contribution < 1.29 is 25.5 Å². The predicted molar refractivity (Wildman–Crippen MR) is 67.1 cm³/mol. The molecule has 0 aliphatic rings. The van der Waals surface area contributed by atoms with Crippen LogP contribution in [0.25, 0.3) is 0 Å². The highest BCUT2D eigenvalue weighted by Gasteiger charge is 2.62. The fourth-order valence-electron chi connectivity index (χ4n) is 1.01. The molecule has 86 valence electrons. The van der Waals surface area contributed by atoms with Crippen molar-refractivity contribution in [1.82, 2.24) is 0 Å². The molecule has 15 heavy (non-hydrogen) atoms. The van der Waals surface area contributed by atoms with Gasteiger partial charge in [-0.1, -0.05) is 0 Å². The molecule has 0 spiro atoms. The molecular formula is C6H17B3O5S. The van der Waals surface area contributed by atoms with E-state index in [-0.39, 0.29) is 5.75 Å². The van der Waals surface area contributed by atoms with Crippen LogP contribution in [0.4, 0.5) is 0 Å². The Bertz CT molecular complexity index is 237. The topological polar surface area (TPSA) is 101 Å². The molecule has 0 amide bonds. The first-order chi connectivity index (χ1) is 6.31. The predicted octanol–water partition coefficient (Wildman–Crippen LogP) is -5.00. The van der Waals surface area contributed by atoms with E-state index in [2.05, 4.69) is 12.6 Å². The molecule has 0 aromatic rings. The summed E-state index contributed by atoms with van der Waals surface area (Å²) in [5.41, 5.74) is -2.09. The van der Waals surface area contributed by atoms with Gasteiger partial charge >= 0.3 is 0 Å². The van der Waals surface area contributed by atoms with Crippen LogP contribution in [0, 0.1) is 0 Å². The van der Waals surface area contributed by atoms with Crippen LogP contribution in [0.5, 0.6) is 0 Å². The number of thiol groups is 1. The third-order valence-corrected chi connectivity index (χ3v) is 3.47. The lowest BCUT2D eigenvalue weighted by Crippen LogP contribution is -2.72. The van der Waals surface area contributed by atoms with Gasteiger partial charge < -0.3 is 25.5 Å². The molecule has 0 aromatic heterocycles. The molecule has 0 rings (SSSR count). The Morgan fingerprint density at radius 2 is 1.27 bits per heavy atom. The van der Waals surface area contributed by atoms with Crippen LogP contribution in [0.3, 0.4) is 0 Å². The van der Waals surface area contributed by atoms with E-state index >= 15 is 0 Å². The maximum Gasteiger partial charge on any atom is 0.238 e. The van der Waals surface area contributed by atoms with E-state index in [1.807, 2.05) is 0 Å². The zero-order valence-electron chi connectivity index (χ0n) is 9.39. The summed E-state index contributed by atoms with van der Waals surface area (Å²) in [6.45, 7) is 1.07. The summed E-state index contributed by atoms with van der Waals surface area (Å²) in [4.78, 5) is 0. The second kappa shape index (κ2) is 3.98. The molecule has 0 aromatic carbocycles. The summed E-state index contributed by atoms with van der Waals surface area (Å²) in [5.74, 6) is -5.95. The van der Waals surface area contributed by atoms with E-state index in [0.29, 0.717) is 0 Å². The summed E-state index contributed by atoms with van der Waals surface area (Å²) in [7, 11) is 3.86. The number of hydrogen-bond acceptors (Lipinski definition) is 6. The molecule has 1 unspecified atom stereocenters. The van der Waals surface area contributed by atoms with Crippen molar-refractivity contribution in [2.45, 2.75) is 29.2 Å². The monoisotopic (exact) mass is 234 g/mol. The molecule has 1 atom stereocenters. The maximum atomic E-state index is 9.75. The van der Waals surface area contributed by atoms with Crippen molar-refractivity contribution >= 4 is 36.2 Å². The first-order valence-electron chi connectivity index (χ1n) is 4.54. The van der Waals surface area contributed by atoms with Crippen molar-refractivity contribution in [3.63, 3.8) is 0 Å². The Labute approximate surface area is 97.1 Å². The minimum Gasteiger partial charge on any atom is -0.394 e. The molecule has 5 N–H and O–H groups in total. The van der Waals surface area contributed by atoms with Crippen LogP contribution in [-0.2, 0) is 0 Å². The fourth-order valence-corrected chi connectivity index (χ4v) is 1.23.